The first-order valence-electron chi connectivity index (χ1n) is 36.4. The molecule has 0 amide bonds. The van der Waals surface area contributed by atoms with Crippen molar-refractivity contribution in [2.75, 3.05) is 0 Å². The van der Waals surface area contributed by atoms with Crippen LogP contribution < -0.4 is 0 Å². The van der Waals surface area contributed by atoms with E-state index in [0.717, 1.165) is 11.2 Å². The van der Waals surface area contributed by atoms with Gasteiger partial charge in [-0.1, -0.05) is 351 Å². The van der Waals surface area contributed by atoms with Crippen molar-refractivity contribution in [1.82, 2.24) is 4.57 Å². The molecule has 2 nitrogen and oxygen atoms in total. The van der Waals surface area contributed by atoms with Gasteiger partial charge in [0.1, 0.15) is 11.2 Å². The van der Waals surface area contributed by atoms with E-state index in [0.29, 0.717) is 0 Å². The second kappa shape index (κ2) is 29.2. The van der Waals surface area contributed by atoms with E-state index in [9.17, 15) is 0 Å². The van der Waals surface area contributed by atoms with Crippen molar-refractivity contribution in [3.8, 4) is 5.69 Å². The van der Waals surface area contributed by atoms with Gasteiger partial charge in [0, 0.05) is 32.6 Å². The number of nitrogens with zero attached hydrogens (tertiary/aromatic N) is 1. The van der Waals surface area contributed by atoms with Crippen LogP contribution in [-0.4, -0.2) is 4.57 Å². The Morgan fingerprint density at radius 1 is 0.219 bits per heavy atom. The molecule has 0 aliphatic heterocycles. The summed E-state index contributed by atoms with van der Waals surface area (Å²) in [4.78, 5) is 0. The number of aromatic nitrogens is 1. The molecule has 0 aliphatic carbocycles. The Kier molecular flexibility index (Phi) is 18.6. The van der Waals surface area contributed by atoms with Crippen LogP contribution in [0.15, 0.2) is 387 Å². The van der Waals surface area contributed by atoms with Crippen molar-refractivity contribution in [2.45, 2.75) is 47.0 Å². The van der Waals surface area contributed by atoms with Gasteiger partial charge in [-0.05, 0) is 203 Å². The van der Waals surface area contributed by atoms with Crippen molar-refractivity contribution in [1.29, 1.82) is 0 Å². The van der Waals surface area contributed by atoms with Gasteiger partial charge in [0.2, 0.25) is 0 Å². The summed E-state index contributed by atoms with van der Waals surface area (Å²) in [7, 11) is 0. The highest BCUT2D eigenvalue weighted by Gasteiger charge is 2.30. The number of aryl methyl sites for hydroxylation is 5. The smallest absolute Gasteiger partial charge is 0.135 e. The molecule has 0 fully saturated rings. The predicted molar refractivity (Wildman–Crippen MR) is 454 cm³/mol. The molecule has 0 unspecified atom stereocenters. The minimum atomic E-state index is -0.121. The van der Waals surface area contributed by atoms with E-state index >= 15 is 0 Å². The molecule has 2 aromatic heterocycles. The zero-order chi connectivity index (χ0) is 71.4. The Bertz CT molecular complexity index is 6530. The van der Waals surface area contributed by atoms with Crippen molar-refractivity contribution < 1.29 is 4.42 Å². The average Bonchev–Trinajstić information content (AvgIpc) is 1.63. The van der Waals surface area contributed by atoms with Crippen molar-refractivity contribution in [2.24, 2.45) is 0 Å². The molecule has 105 heavy (non-hydrogen) atoms. The lowest BCUT2D eigenvalue weighted by Crippen LogP contribution is -2.25. The maximum atomic E-state index is 5.73. The maximum Gasteiger partial charge on any atom is 0.135 e. The van der Waals surface area contributed by atoms with E-state index in [4.69, 9.17) is 4.42 Å². The quantitative estimate of drug-likeness (QED) is 0.127. The van der Waals surface area contributed by atoms with Gasteiger partial charge in [-0.2, -0.15) is 0 Å². The highest BCUT2D eigenvalue weighted by molar-refractivity contribution is 6.24. The first kappa shape index (κ1) is 66.7. The van der Waals surface area contributed by atoms with Gasteiger partial charge in [-0.3, -0.25) is 0 Å². The number of hydrogen-bond donors (Lipinski definition) is 0. The van der Waals surface area contributed by atoms with Crippen LogP contribution in [0.2, 0.25) is 0 Å². The van der Waals surface area contributed by atoms with Crippen LogP contribution in [0.4, 0.5) is 0 Å². The fourth-order valence-electron chi connectivity index (χ4n) is 15.6. The summed E-state index contributed by atoms with van der Waals surface area (Å²) in [6.07, 6.45) is 0. The standard InChI is InChI=1S/C20H18.C19H15N.C19H14.C17H12.C15H12.C13H10O/c1-20(17-11-5-2-6-12-17,18-13-7-3-8-14-18)19-15-9-4-10-16-19;1-14-11-12-17-16-9-5-6-10-18(16)20(19(17)13-14)15-7-3-2-4-8-15;1-13-12-19-16-8-3-2-6-14(16)10-11-18(19)17-9-5-4-7-15(13)17;1-11-5-6-14-8-7-12-3-2-4-13-9-10-15(11)17(14)16(12)13;1-11-6-7-13-9-8-12-4-2-3-5-14(12)15(13)10-11;1-9-6-7-11-10-4-2-3-5-12(10)14-13(11)8-9/h2-16H,1H3;2-13H,1H3;2-12H,1H3;2-10H,1H3;2-10H,1H3;2-8H,1H3. The lowest BCUT2D eigenvalue weighted by Gasteiger charge is -2.31. The van der Waals surface area contributed by atoms with Crippen LogP contribution >= 0.6 is 0 Å². The monoisotopic (exact) mass is 1350 g/mol. The van der Waals surface area contributed by atoms with E-state index in [1.165, 1.54) is 169 Å². The predicted octanol–water partition coefficient (Wildman–Crippen LogP) is 28.7. The van der Waals surface area contributed by atoms with Crippen LogP contribution in [-0.2, 0) is 5.41 Å². The molecular formula is C103H81NO. The van der Waals surface area contributed by atoms with Crippen molar-refractivity contribution in [3.63, 3.8) is 0 Å². The first-order chi connectivity index (χ1) is 51.5. The molecule has 0 bridgehead atoms. The molecule has 0 saturated heterocycles. The minimum Gasteiger partial charge on any atom is -0.456 e. The molecule has 2 heterocycles. The first-order valence-corrected chi connectivity index (χ1v) is 36.4. The summed E-state index contributed by atoms with van der Waals surface area (Å²) in [6, 6.07) is 136. The molecule has 0 atom stereocenters. The molecule has 504 valence electrons. The van der Waals surface area contributed by atoms with Gasteiger partial charge in [-0.25, -0.2) is 0 Å². The third kappa shape index (κ3) is 13.2. The van der Waals surface area contributed by atoms with E-state index in [1.54, 1.807) is 0 Å². The number of furan rings is 1. The highest BCUT2D eigenvalue weighted by atomic mass is 16.3. The molecule has 0 N–H and O–H groups in total. The Balaban J connectivity index is 0.0000000972. The molecule has 0 aliphatic rings. The topological polar surface area (TPSA) is 18.1 Å². The molecule has 2 heteroatoms. The summed E-state index contributed by atoms with van der Waals surface area (Å²) in [5.74, 6) is 0. The highest BCUT2D eigenvalue weighted by Crippen LogP contribution is 2.41. The number of rotatable bonds is 4. The fourth-order valence-corrected chi connectivity index (χ4v) is 15.6. The summed E-state index contributed by atoms with van der Waals surface area (Å²) < 4.78 is 8.08. The van der Waals surface area contributed by atoms with Crippen LogP contribution in [0, 0.1) is 34.6 Å². The number of benzene rings is 19. The Morgan fingerprint density at radius 2 is 0.610 bits per heavy atom. The van der Waals surface area contributed by atoms with Gasteiger partial charge >= 0.3 is 0 Å². The van der Waals surface area contributed by atoms with E-state index < -0.39 is 0 Å². The van der Waals surface area contributed by atoms with Crippen molar-refractivity contribution >= 4 is 130 Å². The Labute approximate surface area is 614 Å². The number of hydrogen-bond acceptors (Lipinski definition) is 1. The van der Waals surface area contributed by atoms with Gasteiger partial charge in [-0.15, -0.1) is 0 Å². The summed E-state index contributed by atoms with van der Waals surface area (Å²) in [5.41, 5.74) is 16.1. The lowest BCUT2D eigenvalue weighted by atomic mass is 9.71. The van der Waals surface area contributed by atoms with Crippen LogP contribution in [0.1, 0.15) is 51.4 Å². The Hall–Kier alpha value is -12.9. The number of fused-ring (bicyclic) bond motifs is 14. The second-order valence-corrected chi connectivity index (χ2v) is 27.9. The fraction of sp³-hybridized carbons (Fsp3) is 0.0680. The molecule has 21 rings (SSSR count). The van der Waals surface area contributed by atoms with E-state index in [-0.39, 0.29) is 5.41 Å². The van der Waals surface area contributed by atoms with Gasteiger partial charge in [0.05, 0.1) is 11.0 Å². The average molecular weight is 1350 g/mol. The molecule has 0 radical (unpaired) electrons. The molecular weight excluding hydrogens is 1270 g/mol. The Morgan fingerprint density at radius 3 is 1.26 bits per heavy atom. The SMILES string of the molecule is CC(c1ccccc1)(c1ccccc1)c1ccccc1.Cc1cc2c3ccccc3ccc2c2ccccc12.Cc1ccc2c(c1)oc1ccccc12.Cc1ccc2c3ccccc3n(-c3ccccc3)c2c1.Cc1ccc2ccc3cccc4ccc1c2c34.Cc1ccc2ccc3ccccc3c2c1. The van der Waals surface area contributed by atoms with Crippen LogP contribution in [0.3, 0.4) is 0 Å². The molecule has 0 spiro atoms. The van der Waals surface area contributed by atoms with Crippen LogP contribution in [0.25, 0.3) is 136 Å². The van der Waals surface area contributed by atoms with Gasteiger partial charge < -0.3 is 8.98 Å². The third-order valence-electron chi connectivity index (χ3n) is 21.1. The zero-order valence-electron chi connectivity index (χ0n) is 60.2. The molecule has 19 aromatic carbocycles. The zero-order valence-corrected chi connectivity index (χ0v) is 60.2. The minimum absolute atomic E-state index is 0.121. The summed E-state index contributed by atoms with van der Waals surface area (Å²) in [5, 5.41) is 26.6. The molecule has 0 saturated carbocycles. The summed E-state index contributed by atoms with van der Waals surface area (Å²) >= 11 is 0. The largest absolute Gasteiger partial charge is 0.456 e. The van der Waals surface area contributed by atoms with Crippen molar-refractivity contribution in [3.05, 3.63) is 427 Å². The lowest BCUT2D eigenvalue weighted by molar-refractivity contribution is 0.668. The third-order valence-corrected chi connectivity index (χ3v) is 21.1. The maximum absolute atomic E-state index is 5.73. The van der Waals surface area contributed by atoms with Crippen LogP contribution in [0.5, 0.6) is 0 Å². The molecule has 21 aromatic rings. The summed E-state index contributed by atoms with van der Waals surface area (Å²) in [6.45, 7) is 13.0. The van der Waals surface area contributed by atoms with Gasteiger partial charge in [0.15, 0.2) is 0 Å². The number of para-hydroxylation sites is 3. The van der Waals surface area contributed by atoms with E-state index in [2.05, 4.69) is 410 Å². The normalized spacial score (nSPS) is 11.3. The second-order valence-electron chi connectivity index (χ2n) is 27.9. The van der Waals surface area contributed by atoms with Gasteiger partial charge in [0.25, 0.3) is 0 Å². The van der Waals surface area contributed by atoms with E-state index in [1.807, 2.05) is 18.2 Å².